The van der Waals surface area contributed by atoms with E-state index in [9.17, 15) is 4.79 Å². The van der Waals surface area contributed by atoms with Gasteiger partial charge in [0.15, 0.2) is 5.78 Å². The van der Waals surface area contributed by atoms with Crippen molar-refractivity contribution in [2.45, 2.75) is 38.6 Å². The van der Waals surface area contributed by atoms with Crippen LogP contribution in [-0.4, -0.2) is 35.3 Å². The van der Waals surface area contributed by atoms with Crippen LogP contribution in [0.5, 0.6) is 0 Å². The van der Waals surface area contributed by atoms with Crippen LogP contribution in [0.4, 0.5) is 0 Å². The Kier molecular flexibility index (Phi) is 5.29. The summed E-state index contributed by atoms with van der Waals surface area (Å²) in [5, 5.41) is 0.561. The Bertz CT molecular complexity index is 414. The summed E-state index contributed by atoms with van der Waals surface area (Å²) in [7, 11) is 3.91. The molecule has 1 aromatic rings. The van der Waals surface area contributed by atoms with Gasteiger partial charge in [-0.2, -0.15) is 0 Å². The number of halogens is 1. The van der Waals surface area contributed by atoms with E-state index in [0.29, 0.717) is 11.4 Å². The summed E-state index contributed by atoms with van der Waals surface area (Å²) in [5.74, 6) is 0.214. The van der Waals surface area contributed by atoms with Crippen LogP contribution in [0.1, 0.15) is 32.3 Å². The Balaban J connectivity index is 2.96. The topological polar surface area (TPSA) is 33.2 Å². The lowest BCUT2D eigenvalue weighted by molar-refractivity contribution is -0.129. The predicted octanol–water partition coefficient (Wildman–Crippen LogP) is 2.97. The Hall–Kier alpha value is -0.930. The highest BCUT2D eigenvalue weighted by Crippen LogP contribution is 2.26. The maximum atomic E-state index is 12.6. The average molecular weight is 269 g/mol. The maximum absolute atomic E-state index is 12.6. The second-order valence-corrected chi connectivity index (χ2v) is 5.11. The molecule has 100 valence electrons. The zero-order chi connectivity index (χ0) is 13.8. The molecular weight excluding hydrogens is 248 g/mol. The lowest BCUT2D eigenvalue weighted by Gasteiger charge is -2.37. The van der Waals surface area contributed by atoms with Crippen molar-refractivity contribution in [3.8, 4) is 0 Å². The van der Waals surface area contributed by atoms with Crippen molar-refractivity contribution in [3.05, 3.63) is 29.0 Å². The molecule has 0 N–H and O–H groups in total. The van der Waals surface area contributed by atoms with Crippen LogP contribution in [0.3, 0.4) is 0 Å². The van der Waals surface area contributed by atoms with Gasteiger partial charge in [-0.05, 0) is 38.6 Å². The molecule has 0 fully saturated rings. The van der Waals surface area contributed by atoms with Crippen LogP contribution in [0.25, 0.3) is 0 Å². The number of aromatic nitrogens is 1. The number of hydrogen-bond acceptors (Lipinski definition) is 3. The molecule has 0 spiro atoms. The highest BCUT2D eigenvalue weighted by atomic mass is 35.5. The first kappa shape index (κ1) is 15.1. The predicted molar refractivity (Wildman–Crippen MR) is 75.0 cm³/mol. The molecule has 0 aliphatic rings. The molecule has 0 saturated heterocycles. The number of rotatable bonds is 6. The quantitative estimate of drug-likeness (QED) is 0.795. The van der Waals surface area contributed by atoms with E-state index in [1.54, 1.807) is 12.4 Å². The third-order valence-corrected chi connectivity index (χ3v) is 4.09. The standard InChI is InChI=1S/C14H21ClN2O/c1-5-14(6-2,17(3)4)13(18)9-11-7-8-16-10-12(11)15/h7-8,10H,5-6,9H2,1-4H3. The number of carbonyl (C=O) groups is 1. The number of ketones is 1. The van der Waals surface area contributed by atoms with Crippen LogP contribution in [0.15, 0.2) is 18.5 Å². The Morgan fingerprint density at radius 1 is 1.39 bits per heavy atom. The highest BCUT2D eigenvalue weighted by molar-refractivity contribution is 6.31. The molecule has 0 saturated carbocycles. The lowest BCUT2D eigenvalue weighted by Crippen LogP contribution is -2.51. The first-order chi connectivity index (χ1) is 8.47. The number of likely N-dealkylation sites (N-methyl/N-ethyl adjacent to an activating group) is 1. The molecule has 3 nitrogen and oxygen atoms in total. The summed E-state index contributed by atoms with van der Waals surface area (Å²) in [5.41, 5.74) is 0.455. The fourth-order valence-electron chi connectivity index (χ4n) is 2.41. The summed E-state index contributed by atoms with van der Waals surface area (Å²) in [6.07, 6.45) is 5.22. The zero-order valence-electron chi connectivity index (χ0n) is 11.5. The molecule has 0 aliphatic carbocycles. The highest BCUT2D eigenvalue weighted by Gasteiger charge is 2.36. The van der Waals surface area contributed by atoms with E-state index in [0.717, 1.165) is 18.4 Å². The number of pyridine rings is 1. The van der Waals surface area contributed by atoms with Gasteiger partial charge in [-0.25, -0.2) is 0 Å². The molecule has 0 unspecified atom stereocenters. The molecule has 0 bridgehead atoms. The molecule has 0 aromatic carbocycles. The SMILES string of the molecule is CCC(CC)(C(=O)Cc1ccncc1Cl)N(C)C. The van der Waals surface area contributed by atoms with E-state index in [1.165, 1.54) is 0 Å². The van der Waals surface area contributed by atoms with Gasteiger partial charge in [0.1, 0.15) is 0 Å². The minimum atomic E-state index is -0.396. The van der Waals surface area contributed by atoms with Crippen molar-refractivity contribution in [1.29, 1.82) is 0 Å². The Morgan fingerprint density at radius 3 is 2.44 bits per heavy atom. The van der Waals surface area contributed by atoms with Gasteiger partial charge in [0.25, 0.3) is 0 Å². The molecule has 4 heteroatoms. The van der Waals surface area contributed by atoms with E-state index >= 15 is 0 Å². The Morgan fingerprint density at radius 2 is 2.00 bits per heavy atom. The van der Waals surface area contributed by atoms with Gasteiger partial charge in [0.05, 0.1) is 10.6 Å². The number of hydrogen-bond donors (Lipinski definition) is 0. The fourth-order valence-corrected chi connectivity index (χ4v) is 2.60. The second-order valence-electron chi connectivity index (χ2n) is 4.70. The maximum Gasteiger partial charge on any atom is 0.157 e. The van der Waals surface area contributed by atoms with E-state index in [-0.39, 0.29) is 5.78 Å². The summed E-state index contributed by atoms with van der Waals surface area (Å²) in [6, 6.07) is 1.81. The third kappa shape index (κ3) is 2.90. The minimum absolute atomic E-state index is 0.214. The van der Waals surface area contributed by atoms with Gasteiger partial charge in [-0.3, -0.25) is 14.7 Å². The molecule has 0 radical (unpaired) electrons. The van der Waals surface area contributed by atoms with Crippen LogP contribution < -0.4 is 0 Å². The molecule has 1 heterocycles. The normalized spacial score (nSPS) is 11.9. The third-order valence-electron chi connectivity index (χ3n) is 3.75. The van der Waals surface area contributed by atoms with Crippen LogP contribution in [0, 0.1) is 0 Å². The van der Waals surface area contributed by atoms with Crippen LogP contribution in [0.2, 0.25) is 5.02 Å². The van der Waals surface area contributed by atoms with Crippen LogP contribution in [-0.2, 0) is 11.2 Å². The lowest BCUT2D eigenvalue weighted by atomic mass is 9.84. The first-order valence-electron chi connectivity index (χ1n) is 6.27. The molecule has 18 heavy (non-hydrogen) atoms. The van der Waals surface area contributed by atoms with Crippen molar-refractivity contribution in [2.75, 3.05) is 14.1 Å². The minimum Gasteiger partial charge on any atom is -0.297 e. The second kappa shape index (κ2) is 6.30. The van der Waals surface area contributed by atoms with E-state index in [4.69, 9.17) is 11.6 Å². The van der Waals surface area contributed by atoms with E-state index < -0.39 is 5.54 Å². The molecule has 1 aromatic heterocycles. The first-order valence-corrected chi connectivity index (χ1v) is 6.64. The summed E-state index contributed by atoms with van der Waals surface area (Å²) in [4.78, 5) is 18.5. The van der Waals surface area contributed by atoms with Crippen molar-refractivity contribution >= 4 is 17.4 Å². The largest absolute Gasteiger partial charge is 0.297 e. The van der Waals surface area contributed by atoms with E-state index in [1.807, 2.05) is 25.1 Å². The van der Waals surface area contributed by atoms with Crippen molar-refractivity contribution in [2.24, 2.45) is 0 Å². The van der Waals surface area contributed by atoms with Gasteiger partial charge in [0.2, 0.25) is 0 Å². The average Bonchev–Trinajstić information content (AvgIpc) is 2.34. The monoisotopic (exact) mass is 268 g/mol. The van der Waals surface area contributed by atoms with E-state index in [2.05, 4.69) is 18.8 Å². The van der Waals surface area contributed by atoms with Gasteiger partial charge >= 0.3 is 0 Å². The molecule has 0 aliphatic heterocycles. The number of carbonyl (C=O) groups excluding carboxylic acids is 1. The summed E-state index contributed by atoms with van der Waals surface area (Å²) >= 11 is 6.06. The zero-order valence-corrected chi connectivity index (χ0v) is 12.3. The number of nitrogens with zero attached hydrogens (tertiary/aromatic N) is 2. The molecule has 0 amide bonds. The van der Waals surface area contributed by atoms with Gasteiger partial charge in [-0.1, -0.05) is 25.4 Å². The number of Topliss-reactive ketones (excluding diaryl/α,β-unsaturated/α-hetero) is 1. The molecule has 1 rings (SSSR count). The molecule has 0 atom stereocenters. The fraction of sp³-hybridized carbons (Fsp3) is 0.571. The van der Waals surface area contributed by atoms with Gasteiger partial charge in [0, 0.05) is 18.8 Å². The van der Waals surface area contributed by atoms with Gasteiger partial charge < -0.3 is 0 Å². The van der Waals surface area contributed by atoms with Crippen molar-refractivity contribution < 1.29 is 4.79 Å². The van der Waals surface area contributed by atoms with Crippen molar-refractivity contribution in [3.63, 3.8) is 0 Å². The van der Waals surface area contributed by atoms with Crippen molar-refractivity contribution in [1.82, 2.24) is 9.88 Å². The van der Waals surface area contributed by atoms with Crippen LogP contribution >= 0.6 is 11.6 Å². The summed E-state index contributed by atoms with van der Waals surface area (Å²) in [6.45, 7) is 4.10. The summed E-state index contributed by atoms with van der Waals surface area (Å²) < 4.78 is 0. The smallest absolute Gasteiger partial charge is 0.157 e. The molecular formula is C14H21ClN2O. The Labute approximate surface area is 114 Å². The van der Waals surface area contributed by atoms with Gasteiger partial charge in [-0.15, -0.1) is 0 Å².